The summed E-state index contributed by atoms with van der Waals surface area (Å²) in [6, 6.07) is 5.85. The molecule has 18 heavy (non-hydrogen) atoms. The van der Waals surface area contributed by atoms with E-state index >= 15 is 0 Å². The molecule has 4 nitrogen and oxygen atoms in total. The molecular weight excluding hydrogens is 294 g/mol. The second-order valence-corrected chi connectivity index (χ2v) is 4.91. The van der Waals surface area contributed by atoms with Crippen molar-refractivity contribution < 1.29 is 5.21 Å². The molecule has 0 bridgehead atoms. The van der Waals surface area contributed by atoms with Crippen LogP contribution in [-0.2, 0) is 0 Å². The number of unbranched alkanes of at least 4 members (excludes halogenated alkanes) is 1. The van der Waals surface area contributed by atoms with E-state index in [2.05, 4.69) is 39.8 Å². The number of hydrogen-bond acceptors (Lipinski definition) is 3. The van der Waals surface area contributed by atoms with E-state index in [0.717, 1.165) is 41.7 Å². The van der Waals surface area contributed by atoms with E-state index in [1.807, 2.05) is 18.2 Å². The van der Waals surface area contributed by atoms with Gasteiger partial charge in [0.05, 0.1) is 5.56 Å². The maximum Gasteiger partial charge on any atom is 0.173 e. The van der Waals surface area contributed by atoms with Crippen molar-refractivity contribution in [3.8, 4) is 0 Å². The number of hydrogen-bond donors (Lipinski definition) is 2. The van der Waals surface area contributed by atoms with Gasteiger partial charge in [-0.1, -0.05) is 24.6 Å². The first-order valence-corrected chi connectivity index (χ1v) is 6.96. The second-order valence-electron chi connectivity index (χ2n) is 4.05. The first-order valence-electron chi connectivity index (χ1n) is 6.17. The molecule has 0 aliphatic heterocycles. The van der Waals surface area contributed by atoms with Crippen LogP contribution in [-0.4, -0.2) is 24.1 Å². The number of amidine groups is 1. The SMILES string of the molecule is CCCCN(CC)c1cccc(Br)c1/C(N)=N/O. The van der Waals surface area contributed by atoms with Crippen molar-refractivity contribution in [2.75, 3.05) is 18.0 Å². The Bertz CT molecular complexity index is 421. The van der Waals surface area contributed by atoms with Crippen LogP contribution in [0.15, 0.2) is 27.8 Å². The fraction of sp³-hybridized carbons (Fsp3) is 0.462. The molecule has 3 N–H and O–H groups in total. The van der Waals surface area contributed by atoms with E-state index in [1.54, 1.807) is 0 Å². The van der Waals surface area contributed by atoms with Crippen LogP contribution < -0.4 is 10.6 Å². The Balaban J connectivity index is 3.17. The Morgan fingerprint density at radius 2 is 2.17 bits per heavy atom. The molecule has 0 heterocycles. The summed E-state index contributed by atoms with van der Waals surface area (Å²) >= 11 is 3.46. The smallest absolute Gasteiger partial charge is 0.173 e. The summed E-state index contributed by atoms with van der Waals surface area (Å²) in [5.41, 5.74) is 7.50. The van der Waals surface area contributed by atoms with Gasteiger partial charge in [-0.2, -0.15) is 0 Å². The van der Waals surface area contributed by atoms with Crippen molar-refractivity contribution in [3.63, 3.8) is 0 Å². The zero-order chi connectivity index (χ0) is 13.5. The van der Waals surface area contributed by atoms with Gasteiger partial charge in [-0.3, -0.25) is 0 Å². The zero-order valence-corrected chi connectivity index (χ0v) is 12.4. The van der Waals surface area contributed by atoms with E-state index < -0.39 is 0 Å². The van der Waals surface area contributed by atoms with Gasteiger partial charge in [-0.25, -0.2) is 0 Å². The summed E-state index contributed by atoms with van der Waals surface area (Å²) < 4.78 is 0.838. The highest BCUT2D eigenvalue weighted by Crippen LogP contribution is 2.28. The number of oxime groups is 1. The zero-order valence-electron chi connectivity index (χ0n) is 10.9. The van der Waals surface area contributed by atoms with Crippen LogP contribution in [0.25, 0.3) is 0 Å². The fourth-order valence-electron chi connectivity index (χ4n) is 1.88. The van der Waals surface area contributed by atoms with E-state index in [1.165, 1.54) is 0 Å². The minimum atomic E-state index is 0.132. The highest BCUT2D eigenvalue weighted by molar-refractivity contribution is 9.10. The Labute approximate surface area is 117 Å². The average Bonchev–Trinajstić information content (AvgIpc) is 2.39. The quantitative estimate of drug-likeness (QED) is 0.367. The molecule has 0 aliphatic carbocycles. The molecule has 0 atom stereocenters. The number of rotatable bonds is 6. The molecule has 1 rings (SSSR count). The second kappa shape index (κ2) is 7.26. The van der Waals surface area contributed by atoms with Gasteiger partial charge >= 0.3 is 0 Å². The molecule has 0 aromatic heterocycles. The Morgan fingerprint density at radius 1 is 1.44 bits per heavy atom. The van der Waals surface area contributed by atoms with Crippen molar-refractivity contribution in [1.82, 2.24) is 0 Å². The molecule has 1 aromatic carbocycles. The summed E-state index contributed by atoms with van der Waals surface area (Å²) in [7, 11) is 0. The van der Waals surface area contributed by atoms with Crippen molar-refractivity contribution in [2.45, 2.75) is 26.7 Å². The standard InChI is InChI=1S/C13H20BrN3O/c1-3-5-9-17(4-2)11-8-6-7-10(14)12(11)13(15)16-18/h6-8,18H,3-5,9H2,1-2H3,(H2,15,16). The van der Waals surface area contributed by atoms with Gasteiger partial charge in [0.25, 0.3) is 0 Å². The van der Waals surface area contributed by atoms with E-state index in [4.69, 9.17) is 10.9 Å². The van der Waals surface area contributed by atoms with Crippen molar-refractivity contribution >= 4 is 27.5 Å². The lowest BCUT2D eigenvalue weighted by molar-refractivity contribution is 0.318. The van der Waals surface area contributed by atoms with Crippen molar-refractivity contribution in [2.24, 2.45) is 10.9 Å². The Kier molecular flexibility index (Phi) is 5.98. The molecule has 0 radical (unpaired) electrons. The summed E-state index contributed by atoms with van der Waals surface area (Å²) in [5.74, 6) is 0.132. The van der Waals surface area contributed by atoms with Gasteiger partial charge in [-0.15, -0.1) is 0 Å². The van der Waals surface area contributed by atoms with Gasteiger partial charge in [0.2, 0.25) is 0 Å². The first kappa shape index (κ1) is 14.8. The maximum absolute atomic E-state index is 8.89. The molecule has 0 aliphatic rings. The Hall–Kier alpha value is -1.23. The minimum absolute atomic E-state index is 0.132. The fourth-order valence-corrected chi connectivity index (χ4v) is 2.44. The number of benzene rings is 1. The monoisotopic (exact) mass is 313 g/mol. The van der Waals surface area contributed by atoms with Crippen LogP contribution in [0, 0.1) is 0 Å². The van der Waals surface area contributed by atoms with Crippen LogP contribution >= 0.6 is 15.9 Å². The maximum atomic E-state index is 8.89. The van der Waals surface area contributed by atoms with Crippen LogP contribution in [0.4, 0.5) is 5.69 Å². The number of nitrogens with two attached hydrogens (primary N) is 1. The highest BCUT2D eigenvalue weighted by Gasteiger charge is 2.15. The summed E-state index contributed by atoms with van der Waals surface area (Å²) in [6.45, 7) is 6.13. The molecule has 0 saturated heterocycles. The third kappa shape index (κ3) is 3.38. The molecule has 1 aromatic rings. The predicted molar refractivity (Wildman–Crippen MR) is 79.4 cm³/mol. The molecule has 0 saturated carbocycles. The third-order valence-electron chi connectivity index (χ3n) is 2.86. The van der Waals surface area contributed by atoms with E-state index in [0.29, 0.717) is 0 Å². The van der Waals surface area contributed by atoms with Gasteiger partial charge in [0, 0.05) is 23.2 Å². The van der Waals surface area contributed by atoms with E-state index in [9.17, 15) is 0 Å². The molecule has 0 unspecified atom stereocenters. The summed E-state index contributed by atoms with van der Waals surface area (Å²) in [6.07, 6.45) is 2.26. The third-order valence-corrected chi connectivity index (χ3v) is 3.52. The molecule has 0 spiro atoms. The van der Waals surface area contributed by atoms with Crippen LogP contribution in [0.1, 0.15) is 32.3 Å². The van der Waals surface area contributed by atoms with Crippen molar-refractivity contribution in [1.29, 1.82) is 0 Å². The van der Waals surface area contributed by atoms with Crippen LogP contribution in [0.3, 0.4) is 0 Å². The topological polar surface area (TPSA) is 61.8 Å². The van der Waals surface area contributed by atoms with Crippen LogP contribution in [0.2, 0.25) is 0 Å². The molecular formula is C13H20BrN3O. The molecule has 0 amide bonds. The summed E-state index contributed by atoms with van der Waals surface area (Å²) in [5, 5.41) is 12.0. The molecule has 100 valence electrons. The molecule has 5 heteroatoms. The first-order chi connectivity index (χ1) is 8.65. The van der Waals surface area contributed by atoms with Gasteiger partial charge in [0.15, 0.2) is 5.84 Å². The minimum Gasteiger partial charge on any atom is -0.409 e. The van der Waals surface area contributed by atoms with Gasteiger partial charge in [0.1, 0.15) is 0 Å². The number of halogens is 1. The lowest BCUT2D eigenvalue weighted by atomic mass is 10.1. The number of nitrogens with zero attached hydrogens (tertiary/aromatic N) is 2. The lowest BCUT2D eigenvalue weighted by Crippen LogP contribution is -2.27. The highest BCUT2D eigenvalue weighted by atomic mass is 79.9. The normalized spacial score (nSPS) is 11.6. The van der Waals surface area contributed by atoms with Gasteiger partial charge < -0.3 is 15.8 Å². The predicted octanol–water partition coefficient (Wildman–Crippen LogP) is 3.17. The van der Waals surface area contributed by atoms with Crippen molar-refractivity contribution in [3.05, 3.63) is 28.2 Å². The van der Waals surface area contributed by atoms with Crippen LogP contribution in [0.5, 0.6) is 0 Å². The molecule has 0 fully saturated rings. The Morgan fingerprint density at radius 3 is 2.72 bits per heavy atom. The lowest BCUT2D eigenvalue weighted by Gasteiger charge is -2.25. The number of anilines is 1. The summed E-state index contributed by atoms with van der Waals surface area (Å²) in [4.78, 5) is 2.24. The van der Waals surface area contributed by atoms with E-state index in [-0.39, 0.29) is 5.84 Å². The average molecular weight is 314 g/mol. The van der Waals surface area contributed by atoms with Gasteiger partial charge in [-0.05, 0) is 41.4 Å². The largest absolute Gasteiger partial charge is 0.409 e.